The third kappa shape index (κ3) is 4.29. The second kappa shape index (κ2) is 8.14. The SMILES string of the molecule is O=C(CNC(=O)c1ccc(Br)cc1)OCC(=O)N1CCc2ccccc21. The summed E-state index contributed by atoms with van der Waals surface area (Å²) in [5.41, 5.74) is 2.40. The van der Waals surface area contributed by atoms with Gasteiger partial charge in [0, 0.05) is 22.3 Å². The van der Waals surface area contributed by atoms with E-state index in [4.69, 9.17) is 4.74 Å². The fourth-order valence-corrected chi connectivity index (χ4v) is 2.99. The van der Waals surface area contributed by atoms with Crippen molar-refractivity contribution in [3.05, 3.63) is 64.1 Å². The zero-order chi connectivity index (χ0) is 18.5. The minimum absolute atomic E-state index is 0.275. The van der Waals surface area contributed by atoms with Crippen molar-refractivity contribution in [1.29, 1.82) is 0 Å². The van der Waals surface area contributed by atoms with Crippen molar-refractivity contribution in [2.75, 3.05) is 24.6 Å². The van der Waals surface area contributed by atoms with Crippen LogP contribution in [0.25, 0.3) is 0 Å². The molecule has 1 aliphatic heterocycles. The first-order chi connectivity index (χ1) is 12.5. The van der Waals surface area contributed by atoms with Crippen molar-refractivity contribution in [2.45, 2.75) is 6.42 Å². The molecule has 2 amide bonds. The van der Waals surface area contributed by atoms with Gasteiger partial charge in [-0.2, -0.15) is 0 Å². The van der Waals surface area contributed by atoms with E-state index >= 15 is 0 Å². The number of hydrogen-bond donors (Lipinski definition) is 1. The molecule has 7 heteroatoms. The maximum absolute atomic E-state index is 12.3. The Morgan fingerprint density at radius 3 is 2.58 bits per heavy atom. The quantitative estimate of drug-likeness (QED) is 0.758. The third-order valence-corrected chi connectivity index (χ3v) is 4.57. The Bertz CT molecular complexity index is 836. The van der Waals surface area contributed by atoms with E-state index in [1.807, 2.05) is 24.3 Å². The second-order valence-corrected chi connectivity index (χ2v) is 6.69. The summed E-state index contributed by atoms with van der Waals surface area (Å²) in [7, 11) is 0. The third-order valence-electron chi connectivity index (χ3n) is 4.04. The van der Waals surface area contributed by atoms with Crippen LogP contribution in [0.5, 0.6) is 0 Å². The van der Waals surface area contributed by atoms with E-state index in [-0.39, 0.29) is 25.0 Å². The molecule has 0 bridgehead atoms. The number of benzene rings is 2. The predicted octanol–water partition coefficient (Wildman–Crippen LogP) is 2.31. The molecular weight excluding hydrogens is 400 g/mol. The highest BCUT2D eigenvalue weighted by Crippen LogP contribution is 2.27. The highest BCUT2D eigenvalue weighted by atomic mass is 79.9. The molecule has 0 fully saturated rings. The molecule has 0 radical (unpaired) electrons. The molecule has 3 rings (SSSR count). The van der Waals surface area contributed by atoms with Gasteiger partial charge < -0.3 is 15.0 Å². The van der Waals surface area contributed by atoms with Crippen molar-refractivity contribution in [2.24, 2.45) is 0 Å². The van der Waals surface area contributed by atoms with Crippen molar-refractivity contribution in [3.8, 4) is 0 Å². The number of rotatable bonds is 5. The Morgan fingerprint density at radius 2 is 1.81 bits per heavy atom. The van der Waals surface area contributed by atoms with Gasteiger partial charge in [-0.25, -0.2) is 0 Å². The molecular formula is C19H17BrN2O4. The molecule has 6 nitrogen and oxygen atoms in total. The zero-order valence-corrected chi connectivity index (χ0v) is 15.5. The second-order valence-electron chi connectivity index (χ2n) is 5.77. The number of anilines is 1. The summed E-state index contributed by atoms with van der Waals surface area (Å²) in [6, 6.07) is 14.4. The van der Waals surface area contributed by atoms with Crippen molar-refractivity contribution in [1.82, 2.24) is 5.32 Å². The lowest BCUT2D eigenvalue weighted by molar-refractivity contribution is -0.146. The molecule has 0 unspecified atom stereocenters. The normalized spacial score (nSPS) is 12.4. The largest absolute Gasteiger partial charge is 0.454 e. The molecule has 0 saturated carbocycles. The molecule has 0 spiro atoms. The lowest BCUT2D eigenvalue weighted by atomic mass is 10.2. The molecule has 134 valence electrons. The van der Waals surface area contributed by atoms with E-state index in [1.54, 1.807) is 29.2 Å². The molecule has 2 aromatic rings. The Morgan fingerprint density at radius 1 is 1.08 bits per heavy atom. The van der Waals surface area contributed by atoms with Crippen LogP contribution in [0.2, 0.25) is 0 Å². The Kier molecular flexibility index (Phi) is 5.68. The van der Waals surface area contributed by atoms with Crippen LogP contribution in [0.3, 0.4) is 0 Å². The molecule has 1 heterocycles. The van der Waals surface area contributed by atoms with Gasteiger partial charge in [-0.05, 0) is 42.3 Å². The van der Waals surface area contributed by atoms with E-state index < -0.39 is 5.97 Å². The number of carbonyl (C=O) groups excluding carboxylic acids is 3. The minimum atomic E-state index is -0.656. The fraction of sp³-hybridized carbons (Fsp3) is 0.211. The summed E-state index contributed by atoms with van der Waals surface area (Å²) in [6.07, 6.45) is 0.791. The molecule has 1 N–H and O–H groups in total. The van der Waals surface area contributed by atoms with Gasteiger partial charge in [0.1, 0.15) is 6.54 Å². The summed E-state index contributed by atoms with van der Waals surface area (Å²) in [6.45, 7) is -0.0594. The number of para-hydroxylation sites is 1. The molecule has 0 aromatic heterocycles. The Labute approximate surface area is 159 Å². The minimum Gasteiger partial charge on any atom is -0.454 e. The van der Waals surface area contributed by atoms with Crippen molar-refractivity contribution >= 4 is 39.4 Å². The van der Waals surface area contributed by atoms with Crippen LogP contribution in [0, 0.1) is 0 Å². The summed E-state index contributed by atoms with van der Waals surface area (Å²) < 4.78 is 5.84. The average Bonchev–Trinajstić information content (AvgIpc) is 3.09. The predicted molar refractivity (Wildman–Crippen MR) is 99.9 cm³/mol. The van der Waals surface area contributed by atoms with Crippen LogP contribution in [0.15, 0.2) is 53.0 Å². The summed E-state index contributed by atoms with van der Waals surface area (Å²) >= 11 is 3.29. The first-order valence-corrected chi connectivity index (χ1v) is 8.91. The van der Waals surface area contributed by atoms with Crippen LogP contribution in [0.4, 0.5) is 5.69 Å². The van der Waals surface area contributed by atoms with Crippen molar-refractivity contribution in [3.63, 3.8) is 0 Å². The maximum Gasteiger partial charge on any atom is 0.325 e. The van der Waals surface area contributed by atoms with Gasteiger partial charge >= 0.3 is 5.97 Å². The zero-order valence-electron chi connectivity index (χ0n) is 13.9. The highest BCUT2D eigenvalue weighted by Gasteiger charge is 2.24. The molecule has 26 heavy (non-hydrogen) atoms. The van der Waals surface area contributed by atoms with Crippen LogP contribution in [0.1, 0.15) is 15.9 Å². The number of hydrogen-bond acceptors (Lipinski definition) is 4. The number of ether oxygens (including phenoxy) is 1. The summed E-state index contributed by atoms with van der Waals surface area (Å²) in [5, 5.41) is 2.47. The van der Waals surface area contributed by atoms with E-state index in [2.05, 4.69) is 21.2 Å². The molecule has 0 aliphatic carbocycles. The van der Waals surface area contributed by atoms with Gasteiger partial charge in [0.05, 0.1) is 0 Å². The smallest absolute Gasteiger partial charge is 0.325 e. The van der Waals surface area contributed by atoms with Crippen molar-refractivity contribution < 1.29 is 19.1 Å². The summed E-state index contributed by atoms with van der Waals surface area (Å²) in [4.78, 5) is 37.6. The van der Waals surface area contributed by atoms with Gasteiger partial charge in [0.2, 0.25) is 0 Å². The van der Waals surface area contributed by atoms with Gasteiger partial charge in [-0.3, -0.25) is 14.4 Å². The number of fused-ring (bicyclic) bond motifs is 1. The number of halogens is 1. The topological polar surface area (TPSA) is 75.7 Å². The van der Waals surface area contributed by atoms with Gasteiger partial charge in [0.15, 0.2) is 6.61 Å². The van der Waals surface area contributed by atoms with Crippen LogP contribution in [-0.4, -0.2) is 37.5 Å². The highest BCUT2D eigenvalue weighted by molar-refractivity contribution is 9.10. The molecule has 2 aromatic carbocycles. The van der Waals surface area contributed by atoms with E-state index in [1.165, 1.54) is 0 Å². The maximum atomic E-state index is 12.3. The molecule has 0 atom stereocenters. The van der Waals surface area contributed by atoms with Crippen LogP contribution < -0.4 is 10.2 Å². The van der Waals surface area contributed by atoms with Crippen LogP contribution in [-0.2, 0) is 20.7 Å². The Balaban J connectivity index is 1.45. The van der Waals surface area contributed by atoms with Gasteiger partial charge in [0.25, 0.3) is 11.8 Å². The van der Waals surface area contributed by atoms with E-state index in [0.717, 1.165) is 22.1 Å². The lowest BCUT2D eigenvalue weighted by Crippen LogP contribution is -2.35. The monoisotopic (exact) mass is 416 g/mol. The van der Waals surface area contributed by atoms with E-state index in [0.29, 0.717) is 12.1 Å². The lowest BCUT2D eigenvalue weighted by Gasteiger charge is -2.17. The molecule has 1 aliphatic rings. The number of nitrogens with one attached hydrogen (secondary N) is 1. The van der Waals surface area contributed by atoms with Gasteiger partial charge in [-0.15, -0.1) is 0 Å². The van der Waals surface area contributed by atoms with E-state index in [9.17, 15) is 14.4 Å². The number of amides is 2. The fourth-order valence-electron chi connectivity index (χ4n) is 2.72. The molecule has 0 saturated heterocycles. The number of carbonyl (C=O) groups is 3. The first kappa shape index (κ1) is 18.1. The first-order valence-electron chi connectivity index (χ1n) is 8.12. The Hall–Kier alpha value is -2.67. The van der Waals surface area contributed by atoms with Crippen LogP contribution >= 0.6 is 15.9 Å². The number of esters is 1. The average molecular weight is 417 g/mol. The standard InChI is InChI=1S/C19H17BrN2O4/c20-15-7-5-14(6-8-15)19(25)21-11-18(24)26-12-17(23)22-10-9-13-3-1-2-4-16(13)22/h1-8H,9-12H2,(H,21,25). The van der Waals surface area contributed by atoms with Gasteiger partial charge in [-0.1, -0.05) is 34.1 Å². The summed E-state index contributed by atoms with van der Waals surface area (Å²) in [5.74, 6) is -1.31. The number of nitrogens with zero attached hydrogens (tertiary/aromatic N) is 1.